The summed E-state index contributed by atoms with van der Waals surface area (Å²) in [6.07, 6.45) is 1.63. The van der Waals surface area contributed by atoms with Crippen LogP contribution in [0.1, 0.15) is 47.5 Å². The van der Waals surface area contributed by atoms with E-state index in [9.17, 15) is 4.79 Å². The van der Waals surface area contributed by atoms with E-state index in [-0.39, 0.29) is 16.8 Å². The Morgan fingerprint density at radius 2 is 1.62 bits per heavy atom. The van der Waals surface area contributed by atoms with Gasteiger partial charge >= 0.3 is 0 Å². The maximum absolute atomic E-state index is 11.3. The Hall–Kier alpha value is -0.410. The molecular weight excluding hydrogens is 204 g/mol. The van der Waals surface area contributed by atoms with E-state index < -0.39 is 0 Å². The molecule has 3 nitrogen and oxygen atoms in total. The number of hydrogen-bond acceptors (Lipinski definition) is 3. The van der Waals surface area contributed by atoms with Crippen LogP contribution >= 0.6 is 0 Å². The van der Waals surface area contributed by atoms with Crippen molar-refractivity contribution in [2.75, 3.05) is 20.3 Å². The quantitative estimate of drug-likeness (QED) is 0.643. The first kappa shape index (κ1) is 15.6. The molecule has 96 valence electrons. The molecule has 0 spiro atoms. The molecular formula is C13H26O3. The average Bonchev–Trinajstić information content (AvgIpc) is 2.14. The normalized spacial score (nSPS) is 12.9. The molecule has 0 atom stereocenters. The van der Waals surface area contributed by atoms with Crippen LogP contribution in [0, 0.1) is 5.41 Å². The van der Waals surface area contributed by atoms with Gasteiger partial charge in [0.2, 0.25) is 0 Å². The predicted octanol–water partition coefficient (Wildman–Crippen LogP) is 2.82. The lowest BCUT2D eigenvalue weighted by Crippen LogP contribution is -2.30. The molecule has 0 bridgehead atoms. The van der Waals surface area contributed by atoms with Gasteiger partial charge in [-0.2, -0.15) is 0 Å². The molecule has 0 aromatic carbocycles. The molecule has 0 unspecified atom stereocenters. The largest absolute Gasteiger partial charge is 0.385 e. The molecule has 0 aliphatic heterocycles. The fraction of sp³-hybridized carbons (Fsp3) is 0.923. The second kappa shape index (κ2) is 6.36. The summed E-state index contributed by atoms with van der Waals surface area (Å²) in [5, 5.41) is 0. The number of carbonyl (C=O) groups is 1. The number of ether oxygens (including phenoxy) is 2. The fourth-order valence-corrected chi connectivity index (χ4v) is 1.18. The fourth-order valence-electron chi connectivity index (χ4n) is 1.18. The summed E-state index contributed by atoms with van der Waals surface area (Å²) in [4.78, 5) is 11.3. The van der Waals surface area contributed by atoms with Gasteiger partial charge in [-0.05, 0) is 33.6 Å². The Labute approximate surface area is 99.5 Å². The Morgan fingerprint density at radius 3 is 2.06 bits per heavy atom. The second-order valence-corrected chi connectivity index (χ2v) is 5.54. The molecule has 0 radical (unpaired) electrons. The van der Waals surface area contributed by atoms with E-state index in [0.29, 0.717) is 13.2 Å². The average molecular weight is 230 g/mol. The van der Waals surface area contributed by atoms with Gasteiger partial charge in [-0.15, -0.1) is 0 Å². The SMILES string of the molecule is COCCC(C)(C)OCCC(C)(C)C(C)=O. The highest BCUT2D eigenvalue weighted by Gasteiger charge is 2.25. The van der Waals surface area contributed by atoms with Crippen molar-refractivity contribution in [2.45, 2.75) is 53.1 Å². The van der Waals surface area contributed by atoms with Crippen LogP contribution in [-0.2, 0) is 14.3 Å². The molecule has 0 N–H and O–H groups in total. The Kier molecular flexibility index (Phi) is 6.19. The van der Waals surface area contributed by atoms with Gasteiger partial charge in [-0.1, -0.05) is 13.8 Å². The standard InChI is InChI=1S/C13H26O3/c1-11(14)12(2,3)7-10-16-13(4,5)8-9-15-6/h7-10H2,1-6H3. The lowest BCUT2D eigenvalue weighted by molar-refractivity contribution is -0.127. The van der Waals surface area contributed by atoms with Gasteiger partial charge in [0.05, 0.1) is 5.60 Å². The number of ketones is 1. The topological polar surface area (TPSA) is 35.5 Å². The molecule has 0 amide bonds. The summed E-state index contributed by atoms with van der Waals surface area (Å²) in [6, 6.07) is 0. The zero-order valence-corrected chi connectivity index (χ0v) is 11.6. The van der Waals surface area contributed by atoms with Gasteiger partial charge in [0, 0.05) is 25.7 Å². The lowest BCUT2D eigenvalue weighted by Gasteiger charge is -2.28. The van der Waals surface area contributed by atoms with Gasteiger partial charge in [0.25, 0.3) is 0 Å². The minimum absolute atomic E-state index is 0.178. The van der Waals surface area contributed by atoms with Crippen LogP contribution < -0.4 is 0 Å². The number of carbonyl (C=O) groups excluding carboxylic acids is 1. The first-order valence-electron chi connectivity index (χ1n) is 5.85. The number of hydrogen-bond donors (Lipinski definition) is 0. The minimum atomic E-state index is -0.280. The van der Waals surface area contributed by atoms with Crippen molar-refractivity contribution >= 4 is 5.78 Å². The van der Waals surface area contributed by atoms with Crippen molar-refractivity contribution in [2.24, 2.45) is 5.41 Å². The molecule has 3 heteroatoms. The molecule has 0 fully saturated rings. The van der Waals surface area contributed by atoms with E-state index in [1.165, 1.54) is 0 Å². The maximum Gasteiger partial charge on any atom is 0.135 e. The van der Waals surface area contributed by atoms with Gasteiger partial charge in [0.1, 0.15) is 5.78 Å². The van der Waals surface area contributed by atoms with Gasteiger partial charge < -0.3 is 9.47 Å². The van der Waals surface area contributed by atoms with Gasteiger partial charge in [0.15, 0.2) is 0 Å². The smallest absolute Gasteiger partial charge is 0.135 e. The Balaban J connectivity index is 3.93. The molecule has 0 aromatic rings. The first-order chi connectivity index (χ1) is 7.21. The monoisotopic (exact) mass is 230 g/mol. The molecule has 0 aliphatic carbocycles. The van der Waals surface area contributed by atoms with Crippen LogP contribution in [0.5, 0.6) is 0 Å². The lowest BCUT2D eigenvalue weighted by atomic mass is 9.86. The summed E-state index contributed by atoms with van der Waals surface area (Å²) < 4.78 is 10.8. The summed E-state index contributed by atoms with van der Waals surface area (Å²) in [6.45, 7) is 11.0. The van der Waals surface area contributed by atoms with Gasteiger partial charge in [-0.3, -0.25) is 4.79 Å². The molecule has 0 aromatic heterocycles. The minimum Gasteiger partial charge on any atom is -0.385 e. The number of Topliss-reactive ketones (excluding diaryl/α,β-unsaturated/α-hetero) is 1. The van der Waals surface area contributed by atoms with Crippen LogP contribution in [0.25, 0.3) is 0 Å². The molecule has 0 aliphatic rings. The summed E-state index contributed by atoms with van der Waals surface area (Å²) >= 11 is 0. The molecule has 0 saturated heterocycles. The van der Waals surface area contributed by atoms with E-state index in [4.69, 9.17) is 9.47 Å². The third kappa shape index (κ3) is 6.23. The molecule has 0 rings (SSSR count). The second-order valence-electron chi connectivity index (χ2n) is 5.54. The first-order valence-corrected chi connectivity index (χ1v) is 5.85. The van der Waals surface area contributed by atoms with Crippen molar-refractivity contribution in [1.82, 2.24) is 0 Å². The summed E-state index contributed by atoms with van der Waals surface area (Å²) in [5.41, 5.74) is -0.458. The number of methoxy groups -OCH3 is 1. The molecule has 0 saturated carbocycles. The molecule has 0 heterocycles. The Morgan fingerprint density at radius 1 is 1.06 bits per heavy atom. The van der Waals surface area contributed by atoms with Crippen molar-refractivity contribution in [3.8, 4) is 0 Å². The van der Waals surface area contributed by atoms with Crippen LogP contribution in [0.15, 0.2) is 0 Å². The van der Waals surface area contributed by atoms with E-state index >= 15 is 0 Å². The van der Waals surface area contributed by atoms with Crippen molar-refractivity contribution in [1.29, 1.82) is 0 Å². The summed E-state index contributed by atoms with van der Waals surface area (Å²) in [7, 11) is 1.69. The van der Waals surface area contributed by atoms with Crippen molar-refractivity contribution < 1.29 is 14.3 Å². The van der Waals surface area contributed by atoms with E-state index in [0.717, 1.165) is 12.8 Å². The summed E-state index contributed by atoms with van der Waals surface area (Å²) in [5.74, 6) is 0.214. The highest BCUT2D eigenvalue weighted by molar-refractivity contribution is 5.81. The maximum atomic E-state index is 11.3. The highest BCUT2D eigenvalue weighted by Crippen LogP contribution is 2.23. The zero-order valence-electron chi connectivity index (χ0n) is 11.6. The van der Waals surface area contributed by atoms with E-state index in [1.807, 2.05) is 27.7 Å². The van der Waals surface area contributed by atoms with Crippen LogP contribution in [0.4, 0.5) is 0 Å². The Bertz CT molecular complexity index is 219. The predicted molar refractivity (Wildman–Crippen MR) is 65.6 cm³/mol. The van der Waals surface area contributed by atoms with Gasteiger partial charge in [-0.25, -0.2) is 0 Å². The van der Waals surface area contributed by atoms with E-state index in [1.54, 1.807) is 14.0 Å². The van der Waals surface area contributed by atoms with Crippen molar-refractivity contribution in [3.63, 3.8) is 0 Å². The van der Waals surface area contributed by atoms with Crippen molar-refractivity contribution in [3.05, 3.63) is 0 Å². The van der Waals surface area contributed by atoms with Crippen LogP contribution in [0.3, 0.4) is 0 Å². The van der Waals surface area contributed by atoms with E-state index in [2.05, 4.69) is 0 Å². The third-order valence-corrected chi connectivity index (χ3v) is 3.08. The number of rotatable bonds is 8. The molecule has 16 heavy (non-hydrogen) atoms. The van der Waals surface area contributed by atoms with Crippen LogP contribution in [-0.4, -0.2) is 31.7 Å². The highest BCUT2D eigenvalue weighted by atomic mass is 16.5. The third-order valence-electron chi connectivity index (χ3n) is 3.08. The van der Waals surface area contributed by atoms with Crippen LogP contribution in [0.2, 0.25) is 0 Å². The zero-order chi connectivity index (χ0) is 12.8.